The second-order valence-corrected chi connectivity index (χ2v) is 6.83. The minimum absolute atomic E-state index is 0.355. The molecule has 2 aromatic rings. The van der Waals surface area contributed by atoms with E-state index in [-0.39, 0.29) is 5.97 Å². The van der Waals surface area contributed by atoms with Crippen LogP contribution in [0.4, 0.5) is 0 Å². The molecule has 1 aromatic carbocycles. The number of thiophene rings is 1. The van der Waals surface area contributed by atoms with Gasteiger partial charge in [-0.25, -0.2) is 4.79 Å². The average molecular weight is 317 g/mol. The predicted octanol–water partition coefficient (Wildman–Crippen LogP) is 4.73. The molecular weight excluding hydrogens is 302 g/mol. The molecule has 2 rings (SSSR count). The molecular formula is C16H15NO2S2. The summed E-state index contributed by atoms with van der Waals surface area (Å²) in [6.07, 6.45) is 2.35. The van der Waals surface area contributed by atoms with Crippen molar-refractivity contribution in [2.75, 3.05) is 5.75 Å². The zero-order chi connectivity index (χ0) is 15.1. The number of unbranched alkanes of at least 4 members (excludes halogenated alkanes) is 1. The van der Waals surface area contributed by atoms with E-state index >= 15 is 0 Å². The Kier molecular flexibility index (Phi) is 5.85. The number of nitriles is 1. The van der Waals surface area contributed by atoms with E-state index in [9.17, 15) is 4.79 Å². The van der Waals surface area contributed by atoms with E-state index in [1.54, 1.807) is 42.1 Å². The minimum Gasteiger partial charge on any atom is -0.422 e. The van der Waals surface area contributed by atoms with E-state index in [0.717, 1.165) is 9.96 Å². The van der Waals surface area contributed by atoms with Gasteiger partial charge in [0.1, 0.15) is 10.6 Å². The molecule has 0 aliphatic carbocycles. The molecule has 21 heavy (non-hydrogen) atoms. The number of rotatable bonds is 6. The van der Waals surface area contributed by atoms with Gasteiger partial charge in [0.25, 0.3) is 0 Å². The lowest BCUT2D eigenvalue weighted by Crippen LogP contribution is -2.06. The van der Waals surface area contributed by atoms with Crippen molar-refractivity contribution in [3.8, 4) is 11.8 Å². The van der Waals surface area contributed by atoms with Crippen molar-refractivity contribution in [3.05, 3.63) is 46.8 Å². The molecule has 0 aliphatic heterocycles. The third kappa shape index (κ3) is 4.62. The molecule has 0 aliphatic rings. The molecule has 108 valence electrons. The lowest BCUT2D eigenvalue weighted by atomic mass is 10.2. The summed E-state index contributed by atoms with van der Waals surface area (Å²) < 4.78 is 6.43. The maximum atomic E-state index is 12.0. The molecule has 0 amide bonds. The number of thioether (sulfide) groups is 1. The molecule has 0 fully saturated rings. The molecule has 0 saturated heterocycles. The Labute approximate surface area is 132 Å². The summed E-state index contributed by atoms with van der Waals surface area (Å²) in [4.78, 5) is 12.6. The number of carbonyl (C=O) groups excluding carboxylic acids is 1. The predicted molar refractivity (Wildman–Crippen MR) is 86.1 cm³/mol. The van der Waals surface area contributed by atoms with Crippen molar-refractivity contribution >= 4 is 29.1 Å². The van der Waals surface area contributed by atoms with Crippen LogP contribution >= 0.6 is 23.1 Å². The molecule has 0 bridgehead atoms. The molecule has 1 heterocycles. The van der Waals surface area contributed by atoms with Crippen LogP contribution in [-0.4, -0.2) is 11.7 Å². The largest absolute Gasteiger partial charge is 0.422 e. The van der Waals surface area contributed by atoms with Crippen LogP contribution in [0.3, 0.4) is 0 Å². The number of esters is 1. The normalized spacial score (nSPS) is 10.1. The van der Waals surface area contributed by atoms with E-state index in [1.165, 1.54) is 24.2 Å². The molecule has 1 aromatic heterocycles. The van der Waals surface area contributed by atoms with E-state index in [2.05, 4.69) is 6.92 Å². The van der Waals surface area contributed by atoms with E-state index in [4.69, 9.17) is 10.00 Å². The van der Waals surface area contributed by atoms with Gasteiger partial charge in [-0.2, -0.15) is 5.26 Å². The molecule has 3 nitrogen and oxygen atoms in total. The zero-order valence-electron chi connectivity index (χ0n) is 11.7. The van der Waals surface area contributed by atoms with Crippen LogP contribution in [0.5, 0.6) is 5.75 Å². The van der Waals surface area contributed by atoms with Crippen molar-refractivity contribution in [1.82, 2.24) is 0 Å². The fourth-order valence-electron chi connectivity index (χ4n) is 1.58. The maximum absolute atomic E-state index is 12.0. The minimum atomic E-state index is -0.355. The highest BCUT2D eigenvalue weighted by molar-refractivity contribution is 8.01. The van der Waals surface area contributed by atoms with Crippen molar-refractivity contribution in [3.63, 3.8) is 0 Å². The van der Waals surface area contributed by atoms with Crippen molar-refractivity contribution in [2.45, 2.75) is 24.0 Å². The van der Waals surface area contributed by atoms with Crippen LogP contribution in [0.1, 0.15) is 35.0 Å². The van der Waals surface area contributed by atoms with Gasteiger partial charge in [0.05, 0.1) is 15.8 Å². The third-order valence-corrected chi connectivity index (χ3v) is 5.10. The van der Waals surface area contributed by atoms with Crippen LogP contribution in [0.2, 0.25) is 0 Å². The first kappa shape index (κ1) is 15.6. The Hall–Kier alpha value is -1.77. The number of nitrogens with zero attached hydrogens (tertiary/aromatic N) is 1. The van der Waals surface area contributed by atoms with Gasteiger partial charge in [-0.3, -0.25) is 0 Å². The lowest BCUT2D eigenvalue weighted by Gasteiger charge is -2.02. The van der Waals surface area contributed by atoms with Crippen LogP contribution in [0.25, 0.3) is 0 Å². The Balaban J connectivity index is 1.95. The van der Waals surface area contributed by atoms with E-state index in [1.807, 2.05) is 12.1 Å². The van der Waals surface area contributed by atoms with Crippen molar-refractivity contribution < 1.29 is 9.53 Å². The molecule has 0 N–H and O–H groups in total. The summed E-state index contributed by atoms with van der Waals surface area (Å²) >= 11 is 3.22. The summed E-state index contributed by atoms with van der Waals surface area (Å²) in [5, 5.41) is 8.72. The highest BCUT2D eigenvalue weighted by Crippen LogP contribution is 2.28. The maximum Gasteiger partial charge on any atom is 0.353 e. The molecule has 0 saturated carbocycles. The Morgan fingerprint density at radius 2 is 2.05 bits per heavy atom. The van der Waals surface area contributed by atoms with Crippen LogP contribution < -0.4 is 4.74 Å². The van der Waals surface area contributed by atoms with Gasteiger partial charge in [0.15, 0.2) is 0 Å². The van der Waals surface area contributed by atoms with Gasteiger partial charge >= 0.3 is 5.97 Å². The Morgan fingerprint density at radius 1 is 1.29 bits per heavy atom. The van der Waals surface area contributed by atoms with E-state index < -0.39 is 0 Å². The van der Waals surface area contributed by atoms with Crippen LogP contribution in [0, 0.1) is 11.3 Å². The van der Waals surface area contributed by atoms with Gasteiger partial charge in [0, 0.05) is 0 Å². The number of hydrogen-bond acceptors (Lipinski definition) is 5. The Bertz CT molecular complexity index is 641. The van der Waals surface area contributed by atoms with Crippen molar-refractivity contribution in [1.29, 1.82) is 5.26 Å². The van der Waals surface area contributed by atoms with Gasteiger partial charge in [-0.05, 0) is 48.6 Å². The summed E-state index contributed by atoms with van der Waals surface area (Å²) in [5.74, 6) is 1.17. The third-order valence-electron chi connectivity index (χ3n) is 2.72. The van der Waals surface area contributed by atoms with Crippen LogP contribution in [-0.2, 0) is 0 Å². The van der Waals surface area contributed by atoms with Gasteiger partial charge in [0.2, 0.25) is 0 Å². The smallest absolute Gasteiger partial charge is 0.353 e. The van der Waals surface area contributed by atoms with Gasteiger partial charge in [-0.1, -0.05) is 13.3 Å². The average Bonchev–Trinajstić information content (AvgIpc) is 2.97. The highest BCUT2D eigenvalue weighted by atomic mass is 32.2. The lowest BCUT2D eigenvalue weighted by molar-refractivity contribution is 0.0740. The van der Waals surface area contributed by atoms with Crippen molar-refractivity contribution in [2.24, 2.45) is 0 Å². The fourth-order valence-corrected chi connectivity index (χ4v) is 3.75. The van der Waals surface area contributed by atoms with Crippen LogP contribution in [0.15, 0.2) is 40.6 Å². The first-order valence-corrected chi connectivity index (χ1v) is 8.48. The number of hydrogen-bond donors (Lipinski definition) is 0. The second kappa shape index (κ2) is 7.87. The monoisotopic (exact) mass is 317 g/mol. The molecule has 0 radical (unpaired) electrons. The van der Waals surface area contributed by atoms with Gasteiger partial charge < -0.3 is 4.74 Å². The quantitative estimate of drug-likeness (QED) is 0.334. The number of benzene rings is 1. The first-order chi connectivity index (χ1) is 10.2. The summed E-state index contributed by atoms with van der Waals surface area (Å²) in [5.41, 5.74) is 0.542. The SMILES string of the molecule is CCCCSc1ccc(C(=O)Oc2ccc(C#N)cc2)s1. The molecule has 0 unspecified atom stereocenters. The van der Waals surface area contributed by atoms with E-state index in [0.29, 0.717) is 16.2 Å². The molecule has 0 atom stereocenters. The molecule has 0 spiro atoms. The number of carbonyl (C=O) groups is 1. The highest BCUT2D eigenvalue weighted by Gasteiger charge is 2.12. The summed E-state index contributed by atoms with van der Waals surface area (Å²) in [6, 6.07) is 12.3. The summed E-state index contributed by atoms with van der Waals surface area (Å²) in [6.45, 7) is 2.16. The second-order valence-electron chi connectivity index (χ2n) is 4.35. The Morgan fingerprint density at radius 3 is 2.71 bits per heavy atom. The summed E-state index contributed by atoms with van der Waals surface area (Å²) in [7, 11) is 0. The topological polar surface area (TPSA) is 50.1 Å². The zero-order valence-corrected chi connectivity index (χ0v) is 13.3. The number of ether oxygens (including phenoxy) is 1. The first-order valence-electron chi connectivity index (χ1n) is 6.68. The van der Waals surface area contributed by atoms with Gasteiger partial charge in [-0.15, -0.1) is 23.1 Å². The standard InChI is InChI=1S/C16H15NO2S2/c1-2-3-10-20-15-9-8-14(21-15)16(18)19-13-6-4-12(11-17)5-7-13/h4-9H,2-3,10H2,1H3. The fraction of sp³-hybridized carbons (Fsp3) is 0.250. The molecule has 5 heteroatoms.